The van der Waals surface area contributed by atoms with E-state index in [0.29, 0.717) is 10.0 Å². The van der Waals surface area contributed by atoms with E-state index in [1.54, 1.807) is 36.4 Å². The van der Waals surface area contributed by atoms with Gasteiger partial charge in [-0.3, -0.25) is 4.79 Å². The third kappa shape index (κ3) is 6.34. The molecule has 1 aromatic heterocycles. The van der Waals surface area contributed by atoms with Gasteiger partial charge in [0.2, 0.25) is 10.0 Å². The third-order valence-corrected chi connectivity index (χ3v) is 8.28. The minimum Gasteiger partial charge on any atom is -0.316 e. The van der Waals surface area contributed by atoms with Gasteiger partial charge in [-0.15, -0.1) is 0 Å². The molecule has 0 bridgehead atoms. The molecule has 0 aliphatic carbocycles. The Morgan fingerprint density at radius 2 is 1.63 bits per heavy atom. The SMILES string of the molecule is Cc1cc(/C=N/NC(=O)CN(Cc2ccccc2)S(=O)(=O)c2ccccc2)c(C)n1-c1cc(Cl)ccc1Cl. The quantitative estimate of drug-likeness (QED) is 0.206. The van der Waals surface area contributed by atoms with E-state index in [-0.39, 0.29) is 11.4 Å². The Hall–Kier alpha value is -3.43. The summed E-state index contributed by atoms with van der Waals surface area (Å²) in [5.74, 6) is -0.566. The van der Waals surface area contributed by atoms with Gasteiger partial charge < -0.3 is 4.57 Å². The number of carbonyl (C=O) groups is 1. The topological polar surface area (TPSA) is 83.8 Å². The average molecular weight is 570 g/mol. The summed E-state index contributed by atoms with van der Waals surface area (Å²) in [4.78, 5) is 12.9. The van der Waals surface area contributed by atoms with Crippen molar-refractivity contribution in [2.75, 3.05) is 6.54 Å². The first-order valence-corrected chi connectivity index (χ1v) is 13.9. The van der Waals surface area contributed by atoms with Crippen LogP contribution in [-0.2, 0) is 21.4 Å². The molecule has 0 fully saturated rings. The van der Waals surface area contributed by atoms with Gasteiger partial charge in [0, 0.05) is 28.5 Å². The number of aryl methyl sites for hydroxylation is 1. The molecular weight excluding hydrogens is 543 g/mol. The molecule has 1 amide bonds. The molecule has 0 aliphatic heterocycles. The second kappa shape index (κ2) is 12.0. The Kier molecular flexibility index (Phi) is 8.69. The Morgan fingerprint density at radius 3 is 2.32 bits per heavy atom. The number of amides is 1. The number of aromatic nitrogens is 1. The van der Waals surface area contributed by atoms with Gasteiger partial charge in [-0.1, -0.05) is 71.7 Å². The number of hydrogen-bond acceptors (Lipinski definition) is 4. The monoisotopic (exact) mass is 568 g/mol. The molecule has 10 heteroatoms. The molecule has 4 aromatic rings. The van der Waals surface area contributed by atoms with Crippen LogP contribution in [0.3, 0.4) is 0 Å². The molecule has 0 unspecified atom stereocenters. The zero-order valence-electron chi connectivity index (χ0n) is 20.8. The van der Waals surface area contributed by atoms with Crippen LogP contribution in [0.2, 0.25) is 10.0 Å². The largest absolute Gasteiger partial charge is 0.316 e. The Balaban J connectivity index is 1.52. The first kappa shape index (κ1) is 27.6. The molecule has 1 N–H and O–H groups in total. The number of nitrogens with zero attached hydrogens (tertiary/aromatic N) is 3. The van der Waals surface area contributed by atoms with Crippen LogP contribution in [0.1, 0.15) is 22.5 Å². The van der Waals surface area contributed by atoms with Crippen LogP contribution < -0.4 is 5.43 Å². The van der Waals surface area contributed by atoms with Gasteiger partial charge in [-0.05, 0) is 55.8 Å². The van der Waals surface area contributed by atoms with Crippen molar-refractivity contribution < 1.29 is 13.2 Å². The number of carbonyl (C=O) groups excluding carboxylic acids is 1. The lowest BCUT2D eigenvalue weighted by atomic mass is 10.2. The predicted molar refractivity (Wildman–Crippen MR) is 151 cm³/mol. The van der Waals surface area contributed by atoms with Crippen molar-refractivity contribution in [3.63, 3.8) is 0 Å². The number of rotatable bonds is 9. The van der Waals surface area contributed by atoms with Crippen molar-refractivity contribution in [3.8, 4) is 5.69 Å². The van der Waals surface area contributed by atoms with E-state index in [1.807, 2.05) is 54.8 Å². The Labute approximate surface area is 232 Å². The molecule has 0 radical (unpaired) electrons. The maximum atomic E-state index is 13.3. The maximum absolute atomic E-state index is 13.3. The molecule has 1 heterocycles. The summed E-state index contributed by atoms with van der Waals surface area (Å²) in [6.45, 7) is 3.47. The number of hydrogen-bond donors (Lipinski definition) is 1. The number of nitrogens with one attached hydrogen (secondary N) is 1. The van der Waals surface area contributed by atoms with Crippen molar-refractivity contribution in [3.05, 3.63) is 117 Å². The van der Waals surface area contributed by atoms with Crippen LogP contribution in [0.25, 0.3) is 5.69 Å². The number of halogens is 2. The molecule has 0 saturated carbocycles. The lowest BCUT2D eigenvalue weighted by Gasteiger charge is -2.21. The number of benzene rings is 3. The van der Waals surface area contributed by atoms with E-state index in [2.05, 4.69) is 10.5 Å². The summed E-state index contributed by atoms with van der Waals surface area (Å²) < 4.78 is 29.7. The van der Waals surface area contributed by atoms with E-state index in [1.165, 1.54) is 18.3 Å². The predicted octanol–water partition coefficient (Wildman–Crippen LogP) is 5.74. The standard InChI is InChI=1S/C28H26Cl2N4O3S/c1-20-15-23(21(2)34(20)27-16-24(29)13-14-26(27)30)17-31-32-28(35)19-33(18-22-9-5-3-6-10-22)38(36,37)25-11-7-4-8-12-25/h3-17H,18-19H2,1-2H3,(H,32,35)/b31-17+. The van der Waals surface area contributed by atoms with Crippen LogP contribution in [0, 0.1) is 13.8 Å². The lowest BCUT2D eigenvalue weighted by molar-refractivity contribution is -0.121. The lowest BCUT2D eigenvalue weighted by Crippen LogP contribution is -2.39. The van der Waals surface area contributed by atoms with Gasteiger partial charge in [0.1, 0.15) is 0 Å². The normalized spacial score (nSPS) is 11.8. The van der Waals surface area contributed by atoms with Gasteiger partial charge in [0.15, 0.2) is 0 Å². The van der Waals surface area contributed by atoms with Crippen molar-refractivity contribution in [2.45, 2.75) is 25.3 Å². The molecule has 0 spiro atoms. The second-order valence-corrected chi connectivity index (χ2v) is 11.4. The summed E-state index contributed by atoms with van der Waals surface area (Å²) in [5, 5.41) is 5.19. The molecular formula is C28H26Cl2N4O3S. The zero-order valence-corrected chi connectivity index (χ0v) is 23.1. The molecule has 196 valence electrons. The van der Waals surface area contributed by atoms with Crippen molar-refractivity contribution >= 4 is 45.3 Å². The summed E-state index contributed by atoms with van der Waals surface area (Å²) in [5.41, 5.74) is 6.47. The van der Waals surface area contributed by atoms with Crippen LogP contribution >= 0.6 is 23.2 Å². The number of sulfonamides is 1. The van der Waals surface area contributed by atoms with E-state index in [4.69, 9.17) is 23.2 Å². The summed E-state index contributed by atoms with van der Waals surface area (Å²) in [6.07, 6.45) is 1.52. The van der Waals surface area contributed by atoms with E-state index in [9.17, 15) is 13.2 Å². The fraction of sp³-hybridized carbons (Fsp3) is 0.143. The van der Waals surface area contributed by atoms with Gasteiger partial charge in [0.05, 0.1) is 28.4 Å². The molecule has 38 heavy (non-hydrogen) atoms. The molecule has 4 rings (SSSR count). The smallest absolute Gasteiger partial charge is 0.255 e. The third-order valence-electron chi connectivity index (χ3n) is 5.91. The number of hydrazone groups is 1. The highest BCUT2D eigenvalue weighted by molar-refractivity contribution is 7.89. The van der Waals surface area contributed by atoms with E-state index in [0.717, 1.165) is 32.5 Å². The first-order valence-electron chi connectivity index (χ1n) is 11.7. The highest BCUT2D eigenvalue weighted by Gasteiger charge is 2.26. The van der Waals surface area contributed by atoms with Gasteiger partial charge in [-0.2, -0.15) is 9.41 Å². The molecule has 0 atom stereocenters. The maximum Gasteiger partial charge on any atom is 0.255 e. The second-order valence-electron chi connectivity index (χ2n) is 8.62. The summed E-state index contributed by atoms with van der Waals surface area (Å²) in [7, 11) is -3.92. The van der Waals surface area contributed by atoms with Crippen molar-refractivity contribution in [2.24, 2.45) is 5.10 Å². The Morgan fingerprint density at radius 1 is 0.974 bits per heavy atom. The van der Waals surface area contributed by atoms with E-state index >= 15 is 0 Å². The fourth-order valence-corrected chi connectivity index (χ4v) is 5.84. The van der Waals surface area contributed by atoms with Crippen molar-refractivity contribution in [1.82, 2.24) is 14.3 Å². The van der Waals surface area contributed by atoms with Gasteiger partial charge in [0.25, 0.3) is 5.91 Å². The van der Waals surface area contributed by atoms with Crippen LogP contribution in [0.5, 0.6) is 0 Å². The summed E-state index contributed by atoms with van der Waals surface area (Å²) >= 11 is 12.6. The average Bonchev–Trinajstić information content (AvgIpc) is 3.18. The fourth-order valence-electron chi connectivity index (χ4n) is 4.07. The highest BCUT2D eigenvalue weighted by Crippen LogP contribution is 2.28. The van der Waals surface area contributed by atoms with Crippen LogP contribution in [-0.4, -0.2) is 36.0 Å². The molecule has 0 aliphatic rings. The minimum atomic E-state index is -3.92. The van der Waals surface area contributed by atoms with E-state index < -0.39 is 22.5 Å². The van der Waals surface area contributed by atoms with Gasteiger partial charge >= 0.3 is 0 Å². The minimum absolute atomic E-state index is 0.0384. The van der Waals surface area contributed by atoms with Crippen LogP contribution in [0.15, 0.2) is 94.9 Å². The van der Waals surface area contributed by atoms with Crippen LogP contribution in [0.4, 0.5) is 0 Å². The summed E-state index contributed by atoms with van der Waals surface area (Å²) in [6, 6.07) is 24.3. The molecule has 7 nitrogen and oxygen atoms in total. The Bertz CT molecular complexity index is 1570. The zero-order chi connectivity index (χ0) is 27.3. The van der Waals surface area contributed by atoms with Crippen molar-refractivity contribution in [1.29, 1.82) is 0 Å². The molecule has 3 aromatic carbocycles. The highest BCUT2D eigenvalue weighted by atomic mass is 35.5. The molecule has 0 saturated heterocycles. The van der Waals surface area contributed by atoms with Gasteiger partial charge in [-0.25, -0.2) is 13.8 Å². The first-order chi connectivity index (χ1) is 18.2.